The molecule has 0 saturated carbocycles. The highest BCUT2D eigenvalue weighted by molar-refractivity contribution is 6.33. The number of nitrogens with zero attached hydrogens (tertiary/aromatic N) is 1. The summed E-state index contributed by atoms with van der Waals surface area (Å²) < 4.78 is 12.8. The molecule has 1 atom stereocenters. The summed E-state index contributed by atoms with van der Waals surface area (Å²) in [5.74, 6) is -0.966. The quantitative estimate of drug-likeness (QED) is 0.898. The van der Waals surface area contributed by atoms with E-state index in [1.54, 1.807) is 0 Å². The van der Waals surface area contributed by atoms with E-state index >= 15 is 0 Å². The minimum Gasteiger partial charge on any atom is -0.336 e. The number of hydrogen-bond acceptors (Lipinski definition) is 2. The van der Waals surface area contributed by atoms with Gasteiger partial charge in [-0.2, -0.15) is 5.26 Å². The molecule has 90 valence electrons. The van der Waals surface area contributed by atoms with Gasteiger partial charge >= 0.3 is 0 Å². The number of carbonyl (C=O) groups excluding carboxylic acids is 1. The van der Waals surface area contributed by atoms with E-state index in [-0.39, 0.29) is 10.6 Å². The molecule has 0 saturated heterocycles. The molecule has 1 rings (SSSR count). The fourth-order valence-electron chi connectivity index (χ4n) is 1.37. The first kappa shape index (κ1) is 13.5. The highest BCUT2D eigenvalue weighted by atomic mass is 35.5. The van der Waals surface area contributed by atoms with Crippen molar-refractivity contribution in [2.24, 2.45) is 0 Å². The molecule has 0 aliphatic heterocycles. The van der Waals surface area contributed by atoms with E-state index < -0.39 is 17.8 Å². The average Bonchev–Trinajstić information content (AvgIpc) is 2.28. The third-order valence-electron chi connectivity index (χ3n) is 2.21. The number of nitrogens with one attached hydrogen (secondary N) is 1. The van der Waals surface area contributed by atoms with Crippen LogP contribution < -0.4 is 5.32 Å². The van der Waals surface area contributed by atoms with Crippen LogP contribution >= 0.6 is 11.6 Å². The summed E-state index contributed by atoms with van der Waals surface area (Å²) in [7, 11) is 0. The number of nitriles is 1. The van der Waals surface area contributed by atoms with Gasteiger partial charge in [0.1, 0.15) is 11.9 Å². The van der Waals surface area contributed by atoms with Crippen molar-refractivity contribution in [1.29, 1.82) is 5.26 Å². The molecule has 0 aromatic heterocycles. The van der Waals surface area contributed by atoms with E-state index in [0.717, 1.165) is 18.6 Å². The number of rotatable bonds is 4. The van der Waals surface area contributed by atoms with Crippen molar-refractivity contribution in [3.63, 3.8) is 0 Å². The number of amides is 1. The molecule has 1 unspecified atom stereocenters. The van der Waals surface area contributed by atoms with Gasteiger partial charge in [-0.25, -0.2) is 4.39 Å². The molecule has 3 nitrogen and oxygen atoms in total. The normalized spacial score (nSPS) is 11.6. The lowest BCUT2D eigenvalue weighted by atomic mass is 10.1. The summed E-state index contributed by atoms with van der Waals surface area (Å²) >= 11 is 5.74. The maximum atomic E-state index is 12.8. The van der Waals surface area contributed by atoms with Gasteiger partial charge in [0.05, 0.1) is 16.7 Å². The summed E-state index contributed by atoms with van der Waals surface area (Å²) in [6.07, 6.45) is 1.36. The molecule has 0 bridgehead atoms. The van der Waals surface area contributed by atoms with Crippen LogP contribution in [-0.2, 0) is 0 Å². The summed E-state index contributed by atoms with van der Waals surface area (Å²) in [6, 6.07) is 4.96. The van der Waals surface area contributed by atoms with Crippen LogP contribution in [-0.4, -0.2) is 11.9 Å². The molecule has 1 aromatic rings. The largest absolute Gasteiger partial charge is 0.336 e. The van der Waals surface area contributed by atoms with Gasteiger partial charge in [0.2, 0.25) is 0 Å². The van der Waals surface area contributed by atoms with Crippen molar-refractivity contribution in [1.82, 2.24) is 5.32 Å². The minimum absolute atomic E-state index is 0.0377. The Hall–Kier alpha value is -1.60. The molecule has 1 aromatic carbocycles. The van der Waals surface area contributed by atoms with Crippen molar-refractivity contribution in [2.45, 2.75) is 25.8 Å². The van der Waals surface area contributed by atoms with Crippen LogP contribution in [0.15, 0.2) is 18.2 Å². The summed E-state index contributed by atoms with van der Waals surface area (Å²) in [5, 5.41) is 11.4. The van der Waals surface area contributed by atoms with Gasteiger partial charge in [0.15, 0.2) is 0 Å². The van der Waals surface area contributed by atoms with Crippen molar-refractivity contribution in [3.8, 4) is 6.07 Å². The third kappa shape index (κ3) is 3.72. The Kier molecular flexibility index (Phi) is 4.92. The van der Waals surface area contributed by atoms with Gasteiger partial charge in [0.25, 0.3) is 5.91 Å². The molecule has 1 amide bonds. The molecule has 0 heterocycles. The number of hydrogen-bond donors (Lipinski definition) is 1. The molecule has 17 heavy (non-hydrogen) atoms. The van der Waals surface area contributed by atoms with Crippen molar-refractivity contribution in [2.75, 3.05) is 0 Å². The predicted molar refractivity (Wildman–Crippen MR) is 63.2 cm³/mol. The summed E-state index contributed by atoms with van der Waals surface area (Å²) in [6.45, 7) is 1.92. The van der Waals surface area contributed by atoms with E-state index in [2.05, 4.69) is 5.32 Å². The van der Waals surface area contributed by atoms with Crippen LogP contribution in [0, 0.1) is 17.1 Å². The Labute approximate surface area is 104 Å². The fourth-order valence-corrected chi connectivity index (χ4v) is 1.62. The van der Waals surface area contributed by atoms with Crippen LogP contribution in [0.4, 0.5) is 4.39 Å². The molecule has 5 heteroatoms. The highest BCUT2D eigenvalue weighted by Gasteiger charge is 2.15. The fraction of sp³-hybridized carbons (Fsp3) is 0.333. The maximum Gasteiger partial charge on any atom is 0.253 e. The molecule has 0 spiro atoms. The zero-order chi connectivity index (χ0) is 12.8. The van der Waals surface area contributed by atoms with Gasteiger partial charge < -0.3 is 5.32 Å². The van der Waals surface area contributed by atoms with Crippen molar-refractivity contribution < 1.29 is 9.18 Å². The standard InChI is InChI=1S/C12H12ClFN2O/c1-2-3-9(7-15)16-12(17)10-5-4-8(14)6-11(10)13/h4-6,9H,2-3H2,1H3,(H,16,17). The minimum atomic E-state index is -0.548. The van der Waals surface area contributed by atoms with Gasteiger partial charge in [-0.15, -0.1) is 0 Å². The summed E-state index contributed by atoms with van der Waals surface area (Å²) in [5.41, 5.74) is 0.171. The molecule has 1 N–H and O–H groups in total. The monoisotopic (exact) mass is 254 g/mol. The maximum absolute atomic E-state index is 12.8. The van der Waals surface area contributed by atoms with E-state index in [1.165, 1.54) is 6.07 Å². The van der Waals surface area contributed by atoms with Crippen molar-refractivity contribution >= 4 is 17.5 Å². The second-order valence-corrected chi connectivity index (χ2v) is 3.98. The summed E-state index contributed by atoms with van der Waals surface area (Å²) in [4.78, 5) is 11.8. The molecule has 0 fully saturated rings. The lowest BCUT2D eigenvalue weighted by Gasteiger charge is -2.11. The molecule has 0 aliphatic carbocycles. The van der Waals surface area contributed by atoms with Crippen LogP contribution in [0.2, 0.25) is 5.02 Å². The van der Waals surface area contributed by atoms with E-state index in [1.807, 2.05) is 13.0 Å². The Balaban J connectivity index is 2.79. The Morgan fingerprint density at radius 3 is 2.88 bits per heavy atom. The zero-order valence-corrected chi connectivity index (χ0v) is 10.1. The van der Waals surface area contributed by atoms with Crippen molar-refractivity contribution in [3.05, 3.63) is 34.6 Å². The molecule has 0 radical (unpaired) electrons. The van der Waals surface area contributed by atoms with Gasteiger partial charge in [-0.05, 0) is 24.6 Å². The van der Waals surface area contributed by atoms with Crippen LogP contribution in [0.5, 0.6) is 0 Å². The lowest BCUT2D eigenvalue weighted by Crippen LogP contribution is -2.33. The second kappa shape index (κ2) is 6.21. The lowest BCUT2D eigenvalue weighted by molar-refractivity contribution is 0.0944. The first-order chi connectivity index (χ1) is 8.08. The topological polar surface area (TPSA) is 52.9 Å². The van der Waals surface area contributed by atoms with E-state index in [0.29, 0.717) is 6.42 Å². The Bertz CT molecular complexity index is 456. The number of benzene rings is 1. The van der Waals surface area contributed by atoms with E-state index in [9.17, 15) is 9.18 Å². The van der Waals surface area contributed by atoms with Crippen LogP contribution in [0.25, 0.3) is 0 Å². The number of halogens is 2. The van der Waals surface area contributed by atoms with Gasteiger partial charge in [-0.3, -0.25) is 4.79 Å². The molecule has 0 aliphatic rings. The van der Waals surface area contributed by atoms with Crippen LogP contribution in [0.3, 0.4) is 0 Å². The second-order valence-electron chi connectivity index (χ2n) is 3.57. The average molecular weight is 255 g/mol. The van der Waals surface area contributed by atoms with E-state index in [4.69, 9.17) is 16.9 Å². The predicted octanol–water partition coefficient (Wildman–Crippen LogP) is 2.90. The van der Waals surface area contributed by atoms with Gasteiger partial charge in [0, 0.05) is 0 Å². The van der Waals surface area contributed by atoms with Gasteiger partial charge in [-0.1, -0.05) is 24.9 Å². The Morgan fingerprint density at radius 1 is 1.65 bits per heavy atom. The SMILES string of the molecule is CCCC(C#N)NC(=O)c1ccc(F)cc1Cl. The molecular weight excluding hydrogens is 243 g/mol. The highest BCUT2D eigenvalue weighted by Crippen LogP contribution is 2.17. The zero-order valence-electron chi connectivity index (χ0n) is 9.34. The first-order valence-electron chi connectivity index (χ1n) is 5.24. The Morgan fingerprint density at radius 2 is 2.35 bits per heavy atom. The smallest absolute Gasteiger partial charge is 0.253 e. The number of carbonyl (C=O) groups is 1. The first-order valence-corrected chi connectivity index (χ1v) is 5.61. The third-order valence-corrected chi connectivity index (χ3v) is 2.53. The molecular formula is C12H12ClFN2O. The van der Waals surface area contributed by atoms with Crippen LogP contribution in [0.1, 0.15) is 30.1 Å².